The van der Waals surface area contributed by atoms with Crippen molar-refractivity contribution in [3.8, 4) is 5.75 Å². The topological polar surface area (TPSA) is 173 Å². The normalized spacial score (nSPS) is 17.9. The average Bonchev–Trinajstić information content (AvgIpc) is 3.71. The second-order valence-corrected chi connectivity index (χ2v) is 20.0. The minimum absolute atomic E-state index is 0.0499. The van der Waals surface area contributed by atoms with Gasteiger partial charge in [-0.3, -0.25) is 13.5 Å². The van der Waals surface area contributed by atoms with Crippen molar-refractivity contribution in [2.75, 3.05) is 32.0 Å². The van der Waals surface area contributed by atoms with Crippen LogP contribution in [-0.4, -0.2) is 85.5 Å². The molecule has 1 saturated heterocycles. The molecule has 0 radical (unpaired) electrons. The number of anilines is 1. The molecule has 3 heterocycles. The summed E-state index contributed by atoms with van der Waals surface area (Å²) in [6, 6.07) is 15.8. The number of rotatable bonds is 14. The zero-order valence-corrected chi connectivity index (χ0v) is 33.2. The molecule has 0 aliphatic carbocycles. The SMILES string of the molecule is CC(C)(C)[Si](C)(C)O[C@@H]1C[C@@H](COS(=O)(=O)NC(=O)c2ccccc2OCc2ccccc2)O[C@H]1n1cnc2c(N)ncnc21.CCN(CC)CC. The van der Waals surface area contributed by atoms with Gasteiger partial charge in [-0.2, -0.15) is 8.42 Å². The van der Waals surface area contributed by atoms with Crippen molar-refractivity contribution < 1.29 is 31.3 Å². The Balaban J connectivity index is 0.000000785. The average molecular weight is 756 g/mol. The van der Waals surface area contributed by atoms with Crippen LogP contribution in [0.3, 0.4) is 0 Å². The summed E-state index contributed by atoms with van der Waals surface area (Å²) in [5, 5.41) is -0.0928. The highest BCUT2D eigenvalue weighted by Gasteiger charge is 2.46. The molecule has 3 atom stereocenters. The molecule has 0 unspecified atom stereocenters. The van der Waals surface area contributed by atoms with Crippen LogP contribution < -0.4 is 15.2 Å². The smallest absolute Gasteiger partial charge is 0.362 e. The number of hydrogen-bond acceptors (Lipinski definition) is 12. The standard InChI is InChI=1S/C30H38N6O7SSi.C6H15N/c1-30(2,3)45(4,5)43-24-15-21(42-29(24)36-19-34-25-26(31)32-18-33-27(25)36)17-41-44(38,39)35-28(37)22-13-9-10-14-23(22)40-16-20-11-7-6-8-12-20;1-4-7(5-2)6-3/h6-14,18-19,21,24,29H,15-17H2,1-5H3,(H,35,37)(H2,31,32,33);4-6H2,1-3H3/t21-,24+,29+;/m0./s1. The monoisotopic (exact) mass is 755 g/mol. The van der Waals surface area contributed by atoms with E-state index in [4.69, 9.17) is 23.8 Å². The Bertz CT molecular complexity index is 1860. The van der Waals surface area contributed by atoms with Gasteiger partial charge in [0.15, 0.2) is 26.0 Å². The van der Waals surface area contributed by atoms with Gasteiger partial charge in [0.1, 0.15) is 24.2 Å². The first kappa shape index (κ1) is 40.8. The van der Waals surface area contributed by atoms with E-state index < -0.39 is 43.0 Å². The van der Waals surface area contributed by atoms with E-state index in [1.165, 1.54) is 32.0 Å². The molecule has 3 N–H and O–H groups in total. The van der Waals surface area contributed by atoms with Gasteiger partial charge in [-0.1, -0.05) is 84.0 Å². The fourth-order valence-electron chi connectivity index (χ4n) is 5.34. The largest absolute Gasteiger partial charge is 0.488 e. The molecule has 5 rings (SSSR count). The molecule has 2 aromatic carbocycles. The molecule has 1 amide bonds. The lowest BCUT2D eigenvalue weighted by molar-refractivity contribution is -0.0424. The number of carbonyl (C=O) groups is 1. The second kappa shape index (κ2) is 17.7. The number of nitrogen functional groups attached to an aromatic ring is 1. The third-order valence-electron chi connectivity index (χ3n) is 9.40. The van der Waals surface area contributed by atoms with Gasteiger partial charge < -0.3 is 24.5 Å². The maximum atomic E-state index is 13.0. The highest BCUT2D eigenvalue weighted by molar-refractivity contribution is 7.85. The lowest BCUT2D eigenvalue weighted by Gasteiger charge is -2.39. The van der Waals surface area contributed by atoms with E-state index in [9.17, 15) is 13.2 Å². The molecule has 1 fully saturated rings. The molecule has 1 aliphatic heterocycles. The van der Waals surface area contributed by atoms with E-state index in [2.05, 4.69) is 74.5 Å². The molecule has 1 aliphatic rings. The summed E-state index contributed by atoms with van der Waals surface area (Å²) in [4.78, 5) is 28.1. The Hall–Kier alpha value is -3.93. The van der Waals surface area contributed by atoms with E-state index in [0.29, 0.717) is 17.6 Å². The Morgan fingerprint density at radius 3 is 2.31 bits per heavy atom. The first-order valence-electron chi connectivity index (χ1n) is 17.5. The predicted octanol–water partition coefficient (Wildman–Crippen LogP) is 5.70. The minimum Gasteiger partial charge on any atom is -0.488 e. The van der Waals surface area contributed by atoms with Crippen molar-refractivity contribution in [3.05, 3.63) is 78.4 Å². The van der Waals surface area contributed by atoms with Crippen molar-refractivity contribution in [1.29, 1.82) is 0 Å². The number of nitrogens with one attached hydrogen (secondary N) is 1. The summed E-state index contributed by atoms with van der Waals surface area (Å²) < 4.78 is 53.6. The van der Waals surface area contributed by atoms with Crippen molar-refractivity contribution in [2.24, 2.45) is 0 Å². The molecule has 16 heteroatoms. The molecule has 14 nitrogen and oxygen atoms in total. The Kier molecular flexibility index (Phi) is 13.9. The van der Waals surface area contributed by atoms with Crippen LogP contribution >= 0.6 is 0 Å². The van der Waals surface area contributed by atoms with Crippen molar-refractivity contribution in [2.45, 2.75) is 91.1 Å². The number of amides is 1. The molecular formula is C36H53N7O7SSi. The van der Waals surface area contributed by atoms with Gasteiger partial charge in [0.25, 0.3) is 5.91 Å². The molecule has 52 heavy (non-hydrogen) atoms. The molecular weight excluding hydrogens is 703 g/mol. The van der Waals surface area contributed by atoms with Gasteiger partial charge in [0, 0.05) is 6.42 Å². The number of hydrogen-bond donors (Lipinski definition) is 2. The number of imidazole rings is 1. The minimum atomic E-state index is -4.51. The van der Waals surface area contributed by atoms with Gasteiger partial charge >= 0.3 is 10.3 Å². The van der Waals surface area contributed by atoms with E-state index in [0.717, 1.165) is 5.56 Å². The van der Waals surface area contributed by atoms with Crippen LogP contribution in [-0.2, 0) is 30.3 Å². The number of benzene rings is 2. The Morgan fingerprint density at radius 2 is 1.67 bits per heavy atom. The molecule has 4 aromatic rings. The Labute approximate surface area is 308 Å². The highest BCUT2D eigenvalue weighted by Crippen LogP contribution is 2.42. The summed E-state index contributed by atoms with van der Waals surface area (Å²) in [6.07, 6.45) is 1.40. The summed E-state index contributed by atoms with van der Waals surface area (Å²) >= 11 is 0. The van der Waals surface area contributed by atoms with Gasteiger partial charge in [0.2, 0.25) is 0 Å². The van der Waals surface area contributed by atoms with Crippen LogP contribution in [0.1, 0.15) is 70.1 Å². The van der Waals surface area contributed by atoms with E-state index >= 15 is 0 Å². The number of aromatic nitrogens is 4. The first-order valence-corrected chi connectivity index (χ1v) is 21.9. The third kappa shape index (κ3) is 10.6. The van der Waals surface area contributed by atoms with E-state index in [1.54, 1.807) is 29.1 Å². The van der Waals surface area contributed by atoms with E-state index in [-0.39, 0.29) is 35.4 Å². The zero-order chi connectivity index (χ0) is 38.1. The number of nitrogens with zero attached hydrogens (tertiary/aromatic N) is 5. The number of ether oxygens (including phenoxy) is 2. The van der Waals surface area contributed by atoms with Crippen LogP contribution in [0.5, 0.6) is 5.75 Å². The molecule has 2 aromatic heterocycles. The molecule has 284 valence electrons. The van der Waals surface area contributed by atoms with Crippen LogP contribution in [0.2, 0.25) is 18.1 Å². The summed E-state index contributed by atoms with van der Waals surface area (Å²) in [7, 11) is -6.80. The van der Waals surface area contributed by atoms with Gasteiger partial charge in [0.05, 0.1) is 30.7 Å². The Morgan fingerprint density at radius 1 is 1.02 bits per heavy atom. The van der Waals surface area contributed by atoms with Crippen molar-refractivity contribution >= 4 is 41.5 Å². The lowest BCUT2D eigenvalue weighted by Crippen LogP contribution is -2.45. The number of carbonyl (C=O) groups excluding carboxylic acids is 1. The maximum Gasteiger partial charge on any atom is 0.362 e. The fraction of sp³-hybridized carbons (Fsp3) is 0.500. The predicted molar refractivity (Wildman–Crippen MR) is 203 cm³/mol. The van der Waals surface area contributed by atoms with Gasteiger partial charge in [-0.15, -0.1) is 0 Å². The molecule has 0 saturated carbocycles. The number of fused-ring (bicyclic) bond motifs is 1. The summed E-state index contributed by atoms with van der Waals surface area (Å²) in [6.45, 7) is 20.6. The molecule has 0 bridgehead atoms. The van der Waals surface area contributed by atoms with Gasteiger partial charge in [-0.25, -0.2) is 19.7 Å². The van der Waals surface area contributed by atoms with Crippen LogP contribution in [0.25, 0.3) is 11.2 Å². The quantitative estimate of drug-likeness (QED) is 0.151. The lowest BCUT2D eigenvalue weighted by atomic mass is 10.2. The van der Waals surface area contributed by atoms with Crippen molar-refractivity contribution in [3.63, 3.8) is 0 Å². The first-order chi connectivity index (χ1) is 24.6. The summed E-state index contributed by atoms with van der Waals surface area (Å²) in [5.74, 6) is -0.420. The fourth-order valence-corrected chi connectivity index (χ4v) is 7.39. The van der Waals surface area contributed by atoms with Crippen molar-refractivity contribution in [1.82, 2.24) is 29.1 Å². The van der Waals surface area contributed by atoms with Gasteiger partial charge in [-0.05, 0) is 55.5 Å². The zero-order valence-electron chi connectivity index (χ0n) is 31.4. The highest BCUT2D eigenvalue weighted by atomic mass is 32.2. The van der Waals surface area contributed by atoms with Crippen LogP contribution in [0.4, 0.5) is 5.82 Å². The summed E-state index contributed by atoms with van der Waals surface area (Å²) in [5.41, 5.74) is 7.83. The maximum absolute atomic E-state index is 13.0. The number of nitrogens with two attached hydrogens (primary N) is 1. The number of para-hydroxylation sites is 1. The van der Waals surface area contributed by atoms with Crippen LogP contribution in [0, 0.1) is 0 Å². The third-order valence-corrected chi connectivity index (χ3v) is 14.8. The molecule has 0 spiro atoms. The van der Waals surface area contributed by atoms with Crippen LogP contribution in [0.15, 0.2) is 67.3 Å². The van der Waals surface area contributed by atoms with E-state index in [1.807, 2.05) is 35.1 Å². The second-order valence-electron chi connectivity index (χ2n) is 13.9.